The van der Waals surface area contributed by atoms with Crippen LogP contribution in [0.5, 0.6) is 0 Å². The Labute approximate surface area is 134 Å². The summed E-state index contributed by atoms with van der Waals surface area (Å²) in [5.74, 6) is 0.0911. The predicted molar refractivity (Wildman–Crippen MR) is 83.8 cm³/mol. The number of carbonyl (C=O) groups excluding carboxylic acids is 1. The van der Waals surface area contributed by atoms with E-state index in [4.69, 9.17) is 0 Å². The molecule has 0 aromatic carbocycles. The van der Waals surface area contributed by atoms with Gasteiger partial charge in [0.25, 0.3) is 0 Å². The van der Waals surface area contributed by atoms with Crippen molar-refractivity contribution in [2.75, 3.05) is 13.1 Å². The van der Waals surface area contributed by atoms with Crippen LogP contribution in [0.25, 0.3) is 0 Å². The zero-order valence-electron chi connectivity index (χ0n) is 13.3. The number of rotatable bonds is 4. The van der Waals surface area contributed by atoms with Gasteiger partial charge in [-0.2, -0.15) is 5.10 Å². The maximum atomic E-state index is 12.8. The van der Waals surface area contributed by atoms with Crippen LogP contribution in [-0.2, 0) is 14.6 Å². The van der Waals surface area contributed by atoms with E-state index in [-0.39, 0.29) is 22.8 Å². The van der Waals surface area contributed by atoms with Gasteiger partial charge in [0.1, 0.15) is 10.6 Å². The van der Waals surface area contributed by atoms with Gasteiger partial charge in [0, 0.05) is 19.0 Å². The molecule has 1 aliphatic heterocycles. The van der Waals surface area contributed by atoms with Gasteiger partial charge in [-0.3, -0.25) is 9.78 Å². The average Bonchev–Trinajstić information content (AvgIpc) is 3.29. The summed E-state index contributed by atoms with van der Waals surface area (Å²) < 4.78 is 23.7. The summed E-state index contributed by atoms with van der Waals surface area (Å²) in [5.41, 5.74) is -0.375. The van der Waals surface area contributed by atoms with Gasteiger partial charge in [-0.25, -0.2) is 18.3 Å². The third kappa shape index (κ3) is 2.82. The van der Waals surface area contributed by atoms with Crippen LogP contribution in [0.3, 0.4) is 0 Å². The number of aromatic amines is 2. The summed E-state index contributed by atoms with van der Waals surface area (Å²) in [4.78, 5) is 28.2. The van der Waals surface area contributed by atoms with Gasteiger partial charge < -0.3 is 4.90 Å². The lowest BCUT2D eigenvalue weighted by Crippen LogP contribution is -2.53. The molecule has 1 aromatic heterocycles. The third-order valence-electron chi connectivity index (χ3n) is 4.80. The van der Waals surface area contributed by atoms with Gasteiger partial charge in [-0.15, -0.1) is 0 Å². The largest absolute Gasteiger partial charge is 0.341 e. The number of carbonyl (C=O) groups is 1. The van der Waals surface area contributed by atoms with E-state index in [9.17, 15) is 18.0 Å². The fraction of sp³-hybridized carbons (Fsp3) is 0.786. The number of nitrogens with zero attached hydrogens (tertiary/aromatic N) is 2. The van der Waals surface area contributed by atoms with Crippen molar-refractivity contribution < 1.29 is 13.2 Å². The number of amides is 1. The van der Waals surface area contributed by atoms with Gasteiger partial charge in [-0.05, 0) is 39.5 Å². The molecular weight excluding hydrogens is 320 g/mol. The Kier molecular flexibility index (Phi) is 3.86. The maximum absolute atomic E-state index is 12.8. The van der Waals surface area contributed by atoms with E-state index in [0.29, 0.717) is 31.8 Å². The van der Waals surface area contributed by atoms with Gasteiger partial charge in [0.05, 0.1) is 5.25 Å². The van der Waals surface area contributed by atoms with Gasteiger partial charge in [-0.1, -0.05) is 0 Å². The molecule has 1 aliphatic carbocycles. The van der Waals surface area contributed by atoms with Crippen molar-refractivity contribution in [2.24, 2.45) is 0 Å². The molecule has 3 rings (SSSR count). The van der Waals surface area contributed by atoms with Crippen LogP contribution in [0.15, 0.2) is 4.79 Å². The number of hydrogen-bond donors (Lipinski definition) is 2. The van der Waals surface area contributed by atoms with Crippen molar-refractivity contribution in [3.8, 4) is 0 Å². The Bertz CT molecular complexity index is 760. The highest BCUT2D eigenvalue weighted by Crippen LogP contribution is 2.37. The van der Waals surface area contributed by atoms with E-state index in [2.05, 4.69) is 15.2 Å². The molecule has 0 bridgehead atoms. The van der Waals surface area contributed by atoms with E-state index >= 15 is 0 Å². The molecule has 1 amide bonds. The maximum Gasteiger partial charge on any atom is 0.340 e. The first-order valence-electron chi connectivity index (χ1n) is 7.91. The molecule has 1 aromatic rings. The Balaban J connectivity index is 1.78. The predicted octanol–water partition coefficient (Wildman–Crippen LogP) is 0.160. The van der Waals surface area contributed by atoms with Crippen molar-refractivity contribution in [3.05, 3.63) is 16.3 Å². The zero-order chi connectivity index (χ0) is 16.8. The smallest absolute Gasteiger partial charge is 0.340 e. The quantitative estimate of drug-likeness (QED) is 0.808. The fourth-order valence-corrected chi connectivity index (χ4v) is 5.12. The van der Waals surface area contributed by atoms with E-state index in [1.807, 2.05) is 0 Å². The summed E-state index contributed by atoms with van der Waals surface area (Å²) in [5, 5.41) is 5.89. The second-order valence-corrected chi connectivity index (χ2v) is 9.69. The normalized spacial score (nSPS) is 23.0. The molecule has 128 valence electrons. The number of hydrogen-bond acceptors (Lipinski definition) is 5. The summed E-state index contributed by atoms with van der Waals surface area (Å²) >= 11 is 0. The van der Waals surface area contributed by atoms with Crippen LogP contribution in [-0.4, -0.2) is 57.5 Å². The van der Waals surface area contributed by atoms with Crippen LogP contribution in [0.4, 0.5) is 0 Å². The van der Waals surface area contributed by atoms with E-state index in [0.717, 1.165) is 12.8 Å². The summed E-state index contributed by atoms with van der Waals surface area (Å²) in [6.07, 6.45) is 2.86. The van der Waals surface area contributed by atoms with Crippen LogP contribution < -0.4 is 5.69 Å². The van der Waals surface area contributed by atoms with Crippen LogP contribution in [0.1, 0.15) is 51.3 Å². The molecule has 9 heteroatoms. The summed E-state index contributed by atoms with van der Waals surface area (Å²) in [6.45, 7) is 3.92. The van der Waals surface area contributed by atoms with Crippen molar-refractivity contribution in [1.82, 2.24) is 20.1 Å². The molecule has 1 atom stereocenters. The number of H-pyrrole nitrogens is 2. The van der Waals surface area contributed by atoms with E-state index in [1.54, 1.807) is 4.90 Å². The number of piperidine rings is 1. The second-order valence-electron chi connectivity index (χ2n) is 6.91. The third-order valence-corrected chi connectivity index (χ3v) is 7.75. The number of sulfone groups is 1. The van der Waals surface area contributed by atoms with Crippen molar-refractivity contribution in [2.45, 2.75) is 55.4 Å². The number of likely N-dealkylation sites (tertiary alicyclic amines) is 1. The molecule has 8 nitrogen and oxygen atoms in total. The zero-order valence-corrected chi connectivity index (χ0v) is 14.1. The summed E-state index contributed by atoms with van der Waals surface area (Å²) in [6, 6.07) is 0. The Hall–Kier alpha value is -1.64. The minimum absolute atomic E-state index is 0.0777. The fourth-order valence-electron chi connectivity index (χ4n) is 3.16. The molecule has 23 heavy (non-hydrogen) atoms. The average molecular weight is 342 g/mol. The lowest BCUT2D eigenvalue weighted by atomic mass is 9.96. The first-order valence-corrected chi connectivity index (χ1v) is 9.45. The van der Waals surface area contributed by atoms with Crippen LogP contribution in [0.2, 0.25) is 0 Å². The highest BCUT2D eigenvalue weighted by Gasteiger charge is 2.52. The lowest BCUT2D eigenvalue weighted by Gasteiger charge is -2.36. The molecule has 2 heterocycles. The van der Waals surface area contributed by atoms with Crippen LogP contribution in [0, 0.1) is 0 Å². The standard InChI is InChI=1S/C14H22N4O4S/c1-14(2,23(21,22)10-5-6-10)12(19)18-7-3-4-9(8-18)11-15-13(20)17-16-11/h9-10H,3-8H2,1-2H3,(H2,15,16,17,20)/t9-/m0/s1. The number of nitrogens with one attached hydrogen (secondary N) is 2. The molecule has 1 saturated carbocycles. The van der Waals surface area contributed by atoms with Gasteiger partial charge in [0.2, 0.25) is 5.91 Å². The lowest BCUT2D eigenvalue weighted by molar-refractivity contribution is -0.134. The molecule has 2 aliphatic rings. The first kappa shape index (κ1) is 16.2. The van der Waals surface area contributed by atoms with Gasteiger partial charge in [0.15, 0.2) is 9.84 Å². The van der Waals surface area contributed by atoms with Gasteiger partial charge >= 0.3 is 5.69 Å². The van der Waals surface area contributed by atoms with Crippen molar-refractivity contribution in [1.29, 1.82) is 0 Å². The molecule has 0 radical (unpaired) electrons. The molecular formula is C14H22N4O4S. The first-order chi connectivity index (χ1) is 10.7. The highest BCUT2D eigenvalue weighted by atomic mass is 32.2. The Morgan fingerprint density at radius 2 is 2.00 bits per heavy atom. The minimum Gasteiger partial charge on any atom is -0.341 e. The molecule has 1 saturated heterocycles. The molecule has 2 N–H and O–H groups in total. The molecule has 0 unspecified atom stereocenters. The van der Waals surface area contributed by atoms with E-state index in [1.165, 1.54) is 13.8 Å². The summed E-state index contributed by atoms with van der Waals surface area (Å²) in [7, 11) is -3.46. The molecule has 0 spiro atoms. The minimum atomic E-state index is -3.46. The highest BCUT2D eigenvalue weighted by molar-refractivity contribution is 7.94. The number of aromatic nitrogens is 3. The Morgan fingerprint density at radius 3 is 2.57 bits per heavy atom. The van der Waals surface area contributed by atoms with Crippen molar-refractivity contribution >= 4 is 15.7 Å². The topological polar surface area (TPSA) is 116 Å². The van der Waals surface area contributed by atoms with E-state index < -0.39 is 14.6 Å². The Morgan fingerprint density at radius 1 is 1.30 bits per heavy atom. The SMILES string of the molecule is CC(C)(C(=O)N1CCC[C@H](c2n[nH]c(=O)[nH]2)C1)S(=O)(=O)C1CC1. The second kappa shape index (κ2) is 5.47. The monoisotopic (exact) mass is 342 g/mol. The molecule has 2 fully saturated rings. The van der Waals surface area contributed by atoms with Crippen LogP contribution >= 0.6 is 0 Å². The van der Waals surface area contributed by atoms with Crippen molar-refractivity contribution in [3.63, 3.8) is 0 Å².